The molecule has 0 fully saturated rings. The lowest BCUT2D eigenvalue weighted by atomic mass is 10.2. The van der Waals surface area contributed by atoms with Crippen molar-refractivity contribution in [2.24, 2.45) is 0 Å². The summed E-state index contributed by atoms with van der Waals surface area (Å²) in [6, 6.07) is 17.4. The van der Waals surface area contributed by atoms with Crippen LogP contribution in [0.1, 0.15) is 23.0 Å². The predicted molar refractivity (Wildman–Crippen MR) is 105 cm³/mol. The van der Waals surface area contributed by atoms with Gasteiger partial charge < -0.3 is 9.64 Å². The lowest BCUT2D eigenvalue weighted by Crippen LogP contribution is -2.39. The zero-order valence-corrected chi connectivity index (χ0v) is 15.6. The summed E-state index contributed by atoms with van der Waals surface area (Å²) in [7, 11) is 0. The number of nitrogens with zero attached hydrogens (tertiary/aromatic N) is 2. The van der Waals surface area contributed by atoms with E-state index < -0.39 is 12.1 Å². The maximum absolute atomic E-state index is 12.7. The summed E-state index contributed by atoms with van der Waals surface area (Å²) in [4.78, 5) is 31.2. The van der Waals surface area contributed by atoms with E-state index in [4.69, 9.17) is 4.74 Å². The van der Waals surface area contributed by atoms with E-state index in [-0.39, 0.29) is 11.6 Å². The van der Waals surface area contributed by atoms with E-state index in [0.29, 0.717) is 6.54 Å². The summed E-state index contributed by atoms with van der Waals surface area (Å²) in [5.41, 5.74) is 3.20. The highest BCUT2D eigenvalue weighted by Crippen LogP contribution is 2.28. The molecule has 0 bridgehead atoms. The maximum atomic E-state index is 12.7. The van der Waals surface area contributed by atoms with Gasteiger partial charge in [0, 0.05) is 23.2 Å². The summed E-state index contributed by atoms with van der Waals surface area (Å²) in [5, 5.41) is 2.41. The number of fused-ring (bicyclic) bond motifs is 1. The largest absolute Gasteiger partial charge is 0.448 e. The monoisotopic (exact) mass is 378 g/mol. The minimum Gasteiger partial charge on any atom is -0.448 e. The van der Waals surface area contributed by atoms with Crippen molar-refractivity contribution in [3.63, 3.8) is 0 Å². The van der Waals surface area contributed by atoms with Crippen LogP contribution < -0.4 is 4.90 Å². The smallest absolute Gasteiger partial charge is 0.358 e. The Labute approximate surface area is 161 Å². The fourth-order valence-electron chi connectivity index (χ4n) is 3.14. The molecule has 1 aromatic heterocycles. The second-order valence-corrected chi connectivity index (χ2v) is 7.18. The molecule has 1 aliphatic rings. The third-order valence-electron chi connectivity index (χ3n) is 4.52. The lowest BCUT2D eigenvalue weighted by molar-refractivity contribution is -0.126. The van der Waals surface area contributed by atoms with E-state index >= 15 is 0 Å². The van der Waals surface area contributed by atoms with Crippen LogP contribution in [0, 0.1) is 0 Å². The van der Waals surface area contributed by atoms with Gasteiger partial charge in [-0.3, -0.25) is 4.79 Å². The highest BCUT2D eigenvalue weighted by molar-refractivity contribution is 7.13. The quantitative estimate of drug-likeness (QED) is 0.645. The van der Waals surface area contributed by atoms with Gasteiger partial charge in [-0.1, -0.05) is 48.5 Å². The number of ether oxygens (including phenoxy) is 1. The highest BCUT2D eigenvalue weighted by atomic mass is 32.1. The molecule has 0 radical (unpaired) electrons. The van der Waals surface area contributed by atoms with Gasteiger partial charge >= 0.3 is 5.97 Å². The van der Waals surface area contributed by atoms with Crippen LogP contribution in [0.4, 0.5) is 5.69 Å². The number of carbonyl (C=O) groups excluding carboxylic acids is 2. The molecule has 5 nitrogen and oxygen atoms in total. The standard InChI is InChI=1S/C21H18N2O3S/c1-14(20(24)23-12-11-15-7-5-6-10-18(15)23)26-21(25)17-13-27-19(22-17)16-8-3-2-4-9-16/h2-10,13-14H,11-12H2,1H3/t14-/m1/s1. The SMILES string of the molecule is C[C@@H](OC(=O)c1csc(-c2ccccc2)n1)C(=O)N1CCc2ccccc21. The molecule has 0 saturated carbocycles. The Bertz CT molecular complexity index is 984. The molecular formula is C21H18N2O3S. The van der Waals surface area contributed by atoms with Crippen molar-refractivity contribution in [1.29, 1.82) is 0 Å². The summed E-state index contributed by atoms with van der Waals surface area (Å²) in [5.74, 6) is -0.798. The molecule has 2 heterocycles. The number of anilines is 1. The zero-order chi connectivity index (χ0) is 18.8. The van der Waals surface area contributed by atoms with Crippen LogP contribution in [0.2, 0.25) is 0 Å². The van der Waals surface area contributed by atoms with Gasteiger partial charge in [0.1, 0.15) is 5.01 Å². The van der Waals surface area contributed by atoms with Gasteiger partial charge in [-0.05, 0) is 25.0 Å². The number of amides is 1. The van der Waals surface area contributed by atoms with Gasteiger partial charge in [0.05, 0.1) is 0 Å². The molecule has 0 aliphatic carbocycles. The average Bonchev–Trinajstić information content (AvgIpc) is 3.35. The van der Waals surface area contributed by atoms with E-state index in [1.54, 1.807) is 17.2 Å². The van der Waals surface area contributed by atoms with Crippen molar-refractivity contribution in [2.45, 2.75) is 19.4 Å². The Morgan fingerprint density at radius 2 is 1.85 bits per heavy atom. The van der Waals surface area contributed by atoms with Crippen LogP contribution in [0.3, 0.4) is 0 Å². The molecule has 6 heteroatoms. The molecule has 4 rings (SSSR count). The van der Waals surface area contributed by atoms with E-state index in [1.807, 2.05) is 54.6 Å². The van der Waals surface area contributed by atoms with Crippen LogP contribution in [0.5, 0.6) is 0 Å². The second-order valence-electron chi connectivity index (χ2n) is 6.32. The molecule has 136 valence electrons. The number of thiazole rings is 1. The normalized spacial score (nSPS) is 13.9. The van der Waals surface area contributed by atoms with Gasteiger partial charge in [0.2, 0.25) is 0 Å². The molecule has 1 atom stereocenters. The van der Waals surface area contributed by atoms with Crippen molar-refractivity contribution < 1.29 is 14.3 Å². The molecular weight excluding hydrogens is 360 g/mol. The number of esters is 1. The molecule has 27 heavy (non-hydrogen) atoms. The summed E-state index contributed by atoms with van der Waals surface area (Å²) in [6.45, 7) is 2.21. The Kier molecular flexibility index (Phi) is 4.73. The number of hydrogen-bond acceptors (Lipinski definition) is 5. The van der Waals surface area contributed by atoms with Crippen LogP contribution in [0.15, 0.2) is 60.0 Å². The summed E-state index contributed by atoms with van der Waals surface area (Å²) < 4.78 is 5.39. The minimum absolute atomic E-state index is 0.216. The van der Waals surface area contributed by atoms with Gasteiger partial charge in [0.15, 0.2) is 11.8 Å². The molecule has 2 aromatic carbocycles. The number of rotatable bonds is 4. The maximum Gasteiger partial charge on any atom is 0.358 e. The summed E-state index contributed by atoms with van der Waals surface area (Å²) in [6.07, 6.45) is -0.0553. The minimum atomic E-state index is -0.870. The van der Waals surface area contributed by atoms with Crippen molar-refractivity contribution >= 4 is 28.9 Å². The molecule has 0 saturated heterocycles. The third-order valence-corrected chi connectivity index (χ3v) is 5.41. The zero-order valence-electron chi connectivity index (χ0n) is 14.8. The van der Waals surface area contributed by atoms with Crippen LogP contribution >= 0.6 is 11.3 Å². The first-order valence-corrected chi connectivity index (χ1v) is 9.62. The number of benzene rings is 2. The topological polar surface area (TPSA) is 59.5 Å². The van der Waals surface area contributed by atoms with E-state index in [1.165, 1.54) is 11.3 Å². The molecule has 1 amide bonds. The first-order valence-electron chi connectivity index (χ1n) is 8.74. The van der Waals surface area contributed by atoms with E-state index in [0.717, 1.165) is 28.2 Å². The van der Waals surface area contributed by atoms with Crippen LogP contribution in [-0.2, 0) is 16.0 Å². The van der Waals surface area contributed by atoms with Gasteiger partial charge in [-0.25, -0.2) is 9.78 Å². The Hall–Kier alpha value is -2.99. The molecule has 3 aromatic rings. The van der Waals surface area contributed by atoms with Gasteiger partial charge in [-0.15, -0.1) is 11.3 Å². The van der Waals surface area contributed by atoms with Crippen molar-refractivity contribution in [3.05, 3.63) is 71.2 Å². The van der Waals surface area contributed by atoms with E-state index in [2.05, 4.69) is 4.98 Å². The van der Waals surface area contributed by atoms with Crippen LogP contribution in [0.25, 0.3) is 10.6 Å². The first-order chi connectivity index (χ1) is 13.1. The van der Waals surface area contributed by atoms with Gasteiger partial charge in [0.25, 0.3) is 5.91 Å². The number of carbonyl (C=O) groups is 2. The summed E-state index contributed by atoms with van der Waals surface area (Å²) >= 11 is 1.38. The fourth-order valence-corrected chi connectivity index (χ4v) is 3.93. The second kappa shape index (κ2) is 7.32. The average molecular weight is 378 g/mol. The van der Waals surface area contributed by atoms with Crippen LogP contribution in [-0.4, -0.2) is 29.5 Å². The Morgan fingerprint density at radius 1 is 1.11 bits per heavy atom. The number of para-hydroxylation sites is 1. The molecule has 0 spiro atoms. The Balaban J connectivity index is 1.44. The van der Waals surface area contributed by atoms with Crippen molar-refractivity contribution in [2.75, 3.05) is 11.4 Å². The lowest BCUT2D eigenvalue weighted by Gasteiger charge is -2.21. The van der Waals surface area contributed by atoms with Crippen molar-refractivity contribution in [3.8, 4) is 10.6 Å². The van der Waals surface area contributed by atoms with E-state index in [9.17, 15) is 9.59 Å². The number of aromatic nitrogens is 1. The first kappa shape index (κ1) is 17.4. The number of hydrogen-bond donors (Lipinski definition) is 0. The van der Waals surface area contributed by atoms with Crippen molar-refractivity contribution in [1.82, 2.24) is 4.98 Å². The third kappa shape index (κ3) is 3.48. The molecule has 0 unspecified atom stereocenters. The highest BCUT2D eigenvalue weighted by Gasteiger charge is 2.30. The molecule has 0 N–H and O–H groups in total. The Morgan fingerprint density at radius 3 is 2.67 bits per heavy atom. The van der Waals surface area contributed by atoms with Gasteiger partial charge in [-0.2, -0.15) is 0 Å². The fraction of sp³-hybridized carbons (Fsp3) is 0.190. The molecule has 1 aliphatic heterocycles. The predicted octanol–water partition coefficient (Wildman–Crippen LogP) is 3.94.